The van der Waals surface area contributed by atoms with Crippen LogP contribution in [0, 0.1) is 5.92 Å². The normalized spacial score (nSPS) is 11.4. The van der Waals surface area contributed by atoms with E-state index in [2.05, 4.69) is 17.2 Å². The van der Waals surface area contributed by atoms with Crippen LogP contribution in [0.5, 0.6) is 0 Å². The molecule has 0 saturated carbocycles. The van der Waals surface area contributed by atoms with Crippen molar-refractivity contribution in [2.24, 2.45) is 23.1 Å². The molecule has 0 spiro atoms. The zero-order valence-corrected chi connectivity index (χ0v) is 13.7. The van der Waals surface area contributed by atoms with Gasteiger partial charge in [0, 0.05) is 22.9 Å². The summed E-state index contributed by atoms with van der Waals surface area (Å²) in [6.07, 6.45) is 8.52. The molecule has 5 heteroatoms. The fourth-order valence-corrected chi connectivity index (χ4v) is 1.80. The highest BCUT2D eigenvalue weighted by atomic mass is 35.5. The first-order chi connectivity index (χ1) is 10.3. The Kier molecular flexibility index (Phi) is 15.5. The Balaban J connectivity index is 0. The maximum Gasteiger partial charge on any atom is 0.163 e. The molecule has 0 heterocycles. The fourth-order valence-electron chi connectivity index (χ4n) is 1.61. The SMILES string of the molecule is CN.CN.CN.O=C(CC1C=CC=C1)c1cccc(Cl)c1. The van der Waals surface area contributed by atoms with Gasteiger partial charge in [0.2, 0.25) is 0 Å². The number of ketones is 1. The van der Waals surface area contributed by atoms with Gasteiger partial charge in [0.25, 0.3) is 0 Å². The lowest BCUT2D eigenvalue weighted by atomic mass is 10.00. The van der Waals surface area contributed by atoms with Crippen LogP contribution in [0.1, 0.15) is 16.8 Å². The summed E-state index contributed by atoms with van der Waals surface area (Å²) in [7, 11) is 4.50. The highest BCUT2D eigenvalue weighted by molar-refractivity contribution is 6.31. The first-order valence-corrected chi connectivity index (χ1v) is 7.00. The third-order valence-corrected chi connectivity index (χ3v) is 2.63. The summed E-state index contributed by atoms with van der Waals surface area (Å²) < 4.78 is 0. The molecule has 1 aromatic carbocycles. The van der Waals surface area contributed by atoms with Crippen molar-refractivity contribution in [3.05, 3.63) is 59.2 Å². The molecule has 6 N–H and O–H groups in total. The van der Waals surface area contributed by atoms with Crippen molar-refractivity contribution in [3.8, 4) is 0 Å². The topological polar surface area (TPSA) is 95.1 Å². The fraction of sp³-hybridized carbons (Fsp3) is 0.312. The molecule has 2 rings (SSSR count). The molecule has 0 amide bonds. The zero-order valence-electron chi connectivity index (χ0n) is 12.9. The van der Waals surface area contributed by atoms with E-state index in [4.69, 9.17) is 11.6 Å². The molecule has 1 aliphatic rings. The molecule has 118 valence electrons. The number of carbonyl (C=O) groups is 1. The van der Waals surface area contributed by atoms with Crippen molar-refractivity contribution in [2.45, 2.75) is 6.42 Å². The molecule has 0 radical (unpaired) electrons. The summed E-state index contributed by atoms with van der Waals surface area (Å²) in [6, 6.07) is 7.09. The second kappa shape index (κ2) is 14.9. The monoisotopic (exact) mass is 311 g/mol. The third kappa shape index (κ3) is 9.15. The summed E-state index contributed by atoms with van der Waals surface area (Å²) >= 11 is 5.83. The number of hydrogen-bond acceptors (Lipinski definition) is 4. The number of hydrogen-bond donors (Lipinski definition) is 3. The van der Waals surface area contributed by atoms with E-state index < -0.39 is 0 Å². The van der Waals surface area contributed by atoms with Crippen molar-refractivity contribution in [1.82, 2.24) is 0 Å². The molecule has 0 saturated heterocycles. The van der Waals surface area contributed by atoms with Crippen molar-refractivity contribution in [2.75, 3.05) is 21.1 Å². The van der Waals surface area contributed by atoms with Gasteiger partial charge in [-0.3, -0.25) is 4.79 Å². The lowest BCUT2D eigenvalue weighted by Gasteiger charge is -2.04. The standard InChI is InChI=1S/C13H11ClO.3CH5N/c14-12-7-3-6-11(9-12)13(15)8-10-4-1-2-5-10;3*1-2/h1-7,9-10H,8H2;3*2H2,1H3. The minimum absolute atomic E-state index is 0.138. The lowest BCUT2D eigenvalue weighted by Crippen LogP contribution is -2.04. The van der Waals surface area contributed by atoms with Gasteiger partial charge in [-0.05, 0) is 33.3 Å². The molecule has 0 bridgehead atoms. The molecular weight excluding hydrogens is 286 g/mol. The van der Waals surface area contributed by atoms with Crippen LogP contribution < -0.4 is 17.2 Å². The van der Waals surface area contributed by atoms with Crippen LogP contribution in [-0.2, 0) is 0 Å². The number of nitrogens with two attached hydrogens (primary N) is 3. The van der Waals surface area contributed by atoms with Crippen molar-refractivity contribution in [1.29, 1.82) is 0 Å². The maximum atomic E-state index is 11.8. The quantitative estimate of drug-likeness (QED) is 0.747. The number of rotatable bonds is 3. The molecule has 1 aromatic rings. The van der Waals surface area contributed by atoms with E-state index in [0.717, 1.165) is 0 Å². The van der Waals surface area contributed by atoms with Gasteiger partial charge in [0.05, 0.1) is 0 Å². The Morgan fingerprint density at radius 2 is 1.57 bits per heavy atom. The third-order valence-electron chi connectivity index (χ3n) is 2.40. The zero-order chi connectivity index (χ0) is 16.7. The smallest absolute Gasteiger partial charge is 0.163 e. The number of benzene rings is 1. The lowest BCUT2D eigenvalue weighted by molar-refractivity contribution is 0.0975. The van der Waals surface area contributed by atoms with E-state index in [0.29, 0.717) is 17.0 Å². The van der Waals surface area contributed by atoms with Gasteiger partial charge in [-0.2, -0.15) is 0 Å². The second-order valence-electron chi connectivity index (χ2n) is 3.57. The molecule has 1 aliphatic carbocycles. The van der Waals surface area contributed by atoms with Gasteiger partial charge in [0.15, 0.2) is 5.78 Å². The highest BCUT2D eigenvalue weighted by Crippen LogP contribution is 2.18. The largest absolute Gasteiger partial charge is 0.333 e. The van der Waals surface area contributed by atoms with E-state index in [1.54, 1.807) is 24.3 Å². The van der Waals surface area contributed by atoms with Crippen LogP contribution in [0.2, 0.25) is 5.02 Å². The Morgan fingerprint density at radius 3 is 2.05 bits per heavy atom. The van der Waals surface area contributed by atoms with Gasteiger partial charge < -0.3 is 17.2 Å². The Hall–Kier alpha value is -1.46. The molecule has 4 nitrogen and oxygen atoms in total. The Labute approximate surface area is 132 Å². The van der Waals surface area contributed by atoms with Crippen molar-refractivity contribution >= 4 is 17.4 Å². The molecule has 0 atom stereocenters. The first kappa shape index (κ1) is 21.8. The number of allylic oxidation sites excluding steroid dienone is 4. The summed E-state index contributed by atoms with van der Waals surface area (Å²) in [4.78, 5) is 11.8. The summed E-state index contributed by atoms with van der Waals surface area (Å²) in [5, 5.41) is 0.610. The Bertz CT molecular complexity index is 433. The average molecular weight is 312 g/mol. The van der Waals surface area contributed by atoms with Crippen LogP contribution >= 0.6 is 11.6 Å². The van der Waals surface area contributed by atoms with E-state index in [9.17, 15) is 4.79 Å². The van der Waals surface area contributed by atoms with E-state index >= 15 is 0 Å². The number of halogens is 1. The maximum absolute atomic E-state index is 11.8. The van der Waals surface area contributed by atoms with Crippen LogP contribution in [0.25, 0.3) is 0 Å². The van der Waals surface area contributed by atoms with E-state index in [1.165, 1.54) is 21.1 Å². The second-order valence-corrected chi connectivity index (χ2v) is 4.01. The van der Waals surface area contributed by atoms with Crippen LogP contribution in [-0.4, -0.2) is 26.9 Å². The highest BCUT2D eigenvalue weighted by Gasteiger charge is 2.12. The van der Waals surface area contributed by atoms with Crippen molar-refractivity contribution < 1.29 is 4.79 Å². The molecule has 0 aromatic heterocycles. The van der Waals surface area contributed by atoms with Crippen molar-refractivity contribution in [3.63, 3.8) is 0 Å². The van der Waals surface area contributed by atoms with Gasteiger partial charge in [0.1, 0.15) is 0 Å². The molecule has 21 heavy (non-hydrogen) atoms. The first-order valence-electron chi connectivity index (χ1n) is 6.62. The molecule has 0 aliphatic heterocycles. The molecular formula is C16H26ClN3O. The molecule has 0 fully saturated rings. The summed E-state index contributed by atoms with van der Waals surface area (Å²) in [5.41, 5.74) is 14.2. The summed E-state index contributed by atoms with van der Waals surface area (Å²) in [5.74, 6) is 0.384. The molecule has 0 unspecified atom stereocenters. The van der Waals surface area contributed by atoms with Gasteiger partial charge in [-0.1, -0.05) is 48.0 Å². The minimum Gasteiger partial charge on any atom is -0.333 e. The predicted molar refractivity (Wildman–Crippen MR) is 92.5 cm³/mol. The van der Waals surface area contributed by atoms with Gasteiger partial charge in [-0.25, -0.2) is 0 Å². The Morgan fingerprint density at radius 1 is 1.05 bits per heavy atom. The van der Waals surface area contributed by atoms with E-state index in [-0.39, 0.29) is 11.7 Å². The van der Waals surface area contributed by atoms with E-state index in [1.807, 2.05) is 24.3 Å². The predicted octanol–water partition coefficient (Wildman–Crippen LogP) is 2.38. The van der Waals surface area contributed by atoms with Crippen LogP contribution in [0.4, 0.5) is 0 Å². The van der Waals surface area contributed by atoms with Crippen LogP contribution in [0.3, 0.4) is 0 Å². The minimum atomic E-state index is 0.138. The van der Waals surface area contributed by atoms with Gasteiger partial charge >= 0.3 is 0 Å². The summed E-state index contributed by atoms with van der Waals surface area (Å²) in [6.45, 7) is 0. The average Bonchev–Trinajstić information content (AvgIpc) is 3.06. The number of Topliss-reactive ketones (excluding diaryl/α,β-unsaturated/α-hetero) is 1. The van der Waals surface area contributed by atoms with Crippen LogP contribution in [0.15, 0.2) is 48.6 Å². The van der Waals surface area contributed by atoms with Gasteiger partial charge in [-0.15, -0.1) is 0 Å². The number of carbonyl (C=O) groups excluding carboxylic acids is 1.